The summed E-state index contributed by atoms with van der Waals surface area (Å²) in [6, 6.07) is 6.54. The van der Waals surface area contributed by atoms with Gasteiger partial charge in [-0.25, -0.2) is 0 Å². The van der Waals surface area contributed by atoms with E-state index in [2.05, 4.69) is 0 Å². The Balaban J connectivity index is 2.96. The smallest absolute Gasteiger partial charge is 0.220 e. The van der Waals surface area contributed by atoms with Crippen molar-refractivity contribution in [1.82, 2.24) is 0 Å². The lowest BCUT2D eigenvalue weighted by Gasteiger charge is -2.19. The minimum Gasteiger partial charge on any atom is -0.384 e. The summed E-state index contributed by atoms with van der Waals surface area (Å²) in [6.45, 7) is 0. The quantitative estimate of drug-likeness (QED) is 0.762. The van der Waals surface area contributed by atoms with Gasteiger partial charge >= 0.3 is 0 Å². The second-order valence-electron chi connectivity index (χ2n) is 2.50. The molecule has 0 bridgehead atoms. The molecule has 1 aromatic rings. The highest BCUT2D eigenvalue weighted by molar-refractivity contribution is 6.68. The summed E-state index contributed by atoms with van der Waals surface area (Å²) in [5.74, 6) is 0. The van der Waals surface area contributed by atoms with Crippen molar-refractivity contribution in [3.63, 3.8) is 0 Å². The fourth-order valence-electron chi connectivity index (χ4n) is 0.866. The molecule has 1 nitrogen and oxygen atoms in total. The highest BCUT2D eigenvalue weighted by Gasteiger charge is 2.31. The second-order valence-corrected chi connectivity index (χ2v) is 5.30. The summed E-state index contributed by atoms with van der Waals surface area (Å²) < 4.78 is -1.73. The Kier molecular flexibility index (Phi) is 3.73. The van der Waals surface area contributed by atoms with Crippen LogP contribution in [0.15, 0.2) is 24.3 Å². The summed E-state index contributed by atoms with van der Waals surface area (Å²) >= 11 is 22.2. The first-order valence-electron chi connectivity index (χ1n) is 3.41. The van der Waals surface area contributed by atoms with Gasteiger partial charge in [-0.15, -0.1) is 0 Å². The molecular weight excluding hydrogens is 254 g/mol. The lowest BCUT2D eigenvalue weighted by Crippen LogP contribution is -2.16. The normalized spacial score (nSPS) is 14.2. The number of halogens is 4. The zero-order valence-electron chi connectivity index (χ0n) is 6.35. The van der Waals surface area contributed by atoms with Gasteiger partial charge in [-0.3, -0.25) is 0 Å². The van der Waals surface area contributed by atoms with E-state index < -0.39 is 9.90 Å². The topological polar surface area (TPSA) is 20.2 Å². The maximum absolute atomic E-state index is 9.53. The molecule has 0 aliphatic rings. The van der Waals surface area contributed by atoms with Crippen molar-refractivity contribution in [2.75, 3.05) is 0 Å². The van der Waals surface area contributed by atoms with Gasteiger partial charge in [-0.05, 0) is 17.7 Å². The van der Waals surface area contributed by atoms with E-state index in [0.717, 1.165) is 0 Å². The van der Waals surface area contributed by atoms with Crippen molar-refractivity contribution >= 4 is 46.4 Å². The molecule has 0 heterocycles. The summed E-state index contributed by atoms with van der Waals surface area (Å²) in [5.41, 5.74) is 0.479. The number of rotatable bonds is 1. The van der Waals surface area contributed by atoms with Gasteiger partial charge in [-0.1, -0.05) is 58.5 Å². The third kappa shape index (κ3) is 3.19. The molecule has 0 fully saturated rings. The van der Waals surface area contributed by atoms with Gasteiger partial charge in [0.1, 0.15) is 6.10 Å². The number of hydrogen-bond acceptors (Lipinski definition) is 1. The molecule has 0 unspecified atom stereocenters. The SMILES string of the molecule is O[C@@H](c1cccc(Cl)c1)C(Cl)(Cl)Cl. The maximum Gasteiger partial charge on any atom is 0.220 e. The largest absolute Gasteiger partial charge is 0.384 e. The third-order valence-corrected chi connectivity index (χ3v) is 2.33. The summed E-state index contributed by atoms with van der Waals surface area (Å²) in [7, 11) is 0. The first kappa shape index (κ1) is 11.4. The first-order valence-corrected chi connectivity index (χ1v) is 4.92. The Morgan fingerprint density at radius 1 is 1.23 bits per heavy atom. The average molecular weight is 260 g/mol. The number of aliphatic hydroxyl groups is 1. The summed E-state index contributed by atoms with van der Waals surface area (Å²) in [4.78, 5) is 0. The molecular formula is C8H6Cl4O. The van der Waals surface area contributed by atoms with Gasteiger partial charge in [0.2, 0.25) is 3.79 Å². The summed E-state index contributed by atoms with van der Waals surface area (Å²) in [6.07, 6.45) is -1.17. The van der Waals surface area contributed by atoms with Crippen molar-refractivity contribution in [1.29, 1.82) is 0 Å². The van der Waals surface area contributed by atoms with Crippen molar-refractivity contribution in [2.24, 2.45) is 0 Å². The van der Waals surface area contributed by atoms with E-state index in [0.29, 0.717) is 10.6 Å². The van der Waals surface area contributed by atoms with Gasteiger partial charge in [0.15, 0.2) is 0 Å². The molecule has 0 aliphatic carbocycles. The van der Waals surface area contributed by atoms with Crippen molar-refractivity contribution in [3.05, 3.63) is 34.9 Å². The van der Waals surface area contributed by atoms with Crippen LogP contribution in [0.5, 0.6) is 0 Å². The van der Waals surface area contributed by atoms with Crippen molar-refractivity contribution in [3.8, 4) is 0 Å². The number of alkyl halides is 3. The standard InChI is InChI=1S/C8H6Cl4O/c9-6-3-1-2-5(4-6)7(13)8(10,11)12/h1-4,7,13H/t7-/m0/s1. The fourth-order valence-corrected chi connectivity index (χ4v) is 1.44. The highest BCUT2D eigenvalue weighted by Crippen LogP contribution is 2.39. The van der Waals surface area contributed by atoms with E-state index in [1.165, 1.54) is 0 Å². The van der Waals surface area contributed by atoms with Crippen molar-refractivity contribution < 1.29 is 5.11 Å². The van der Waals surface area contributed by atoms with Gasteiger partial charge < -0.3 is 5.11 Å². The predicted octanol–water partition coefficient (Wildman–Crippen LogP) is 3.74. The van der Waals surface area contributed by atoms with Crippen LogP contribution in [0, 0.1) is 0 Å². The minimum absolute atomic E-state index is 0.479. The molecule has 1 N–H and O–H groups in total. The molecule has 0 saturated heterocycles. The van der Waals surface area contributed by atoms with Gasteiger partial charge in [0, 0.05) is 5.02 Å². The van der Waals surface area contributed by atoms with Crippen LogP contribution in [0.3, 0.4) is 0 Å². The first-order chi connectivity index (χ1) is 5.91. The molecule has 13 heavy (non-hydrogen) atoms. The molecule has 0 radical (unpaired) electrons. The van der Waals surface area contributed by atoms with Crippen LogP contribution in [-0.4, -0.2) is 8.90 Å². The number of benzene rings is 1. The molecule has 0 amide bonds. The number of aliphatic hydroxyl groups excluding tert-OH is 1. The summed E-state index contributed by atoms with van der Waals surface area (Å²) in [5, 5.41) is 10.0. The second kappa shape index (κ2) is 4.24. The maximum atomic E-state index is 9.53. The van der Waals surface area contributed by atoms with Crippen LogP contribution in [0.4, 0.5) is 0 Å². The fraction of sp³-hybridized carbons (Fsp3) is 0.250. The van der Waals surface area contributed by atoms with Gasteiger partial charge in [0.25, 0.3) is 0 Å². The van der Waals surface area contributed by atoms with E-state index in [-0.39, 0.29) is 0 Å². The van der Waals surface area contributed by atoms with Crippen LogP contribution < -0.4 is 0 Å². The van der Waals surface area contributed by atoms with E-state index in [9.17, 15) is 5.11 Å². The lowest BCUT2D eigenvalue weighted by atomic mass is 10.1. The molecule has 1 aromatic carbocycles. The zero-order valence-corrected chi connectivity index (χ0v) is 9.37. The molecule has 0 aromatic heterocycles. The van der Waals surface area contributed by atoms with Crippen LogP contribution in [0.2, 0.25) is 5.02 Å². The Bertz CT molecular complexity index is 294. The van der Waals surface area contributed by atoms with Crippen LogP contribution >= 0.6 is 46.4 Å². The Morgan fingerprint density at radius 3 is 2.31 bits per heavy atom. The molecule has 0 aliphatic heterocycles. The number of hydrogen-bond donors (Lipinski definition) is 1. The molecule has 1 rings (SSSR count). The van der Waals surface area contributed by atoms with Gasteiger partial charge in [0.05, 0.1) is 0 Å². The highest BCUT2D eigenvalue weighted by atomic mass is 35.6. The molecule has 72 valence electrons. The monoisotopic (exact) mass is 258 g/mol. The Labute approximate surface area is 96.2 Å². The molecule has 1 atom stereocenters. The predicted molar refractivity (Wildman–Crippen MR) is 56.7 cm³/mol. The van der Waals surface area contributed by atoms with E-state index >= 15 is 0 Å². The van der Waals surface area contributed by atoms with Crippen LogP contribution in [-0.2, 0) is 0 Å². The lowest BCUT2D eigenvalue weighted by molar-refractivity contribution is 0.182. The van der Waals surface area contributed by atoms with Crippen LogP contribution in [0.25, 0.3) is 0 Å². The Morgan fingerprint density at radius 2 is 1.85 bits per heavy atom. The Hall–Kier alpha value is 0.340. The van der Waals surface area contributed by atoms with E-state index in [1.807, 2.05) is 0 Å². The average Bonchev–Trinajstić information content (AvgIpc) is 2.01. The van der Waals surface area contributed by atoms with Gasteiger partial charge in [-0.2, -0.15) is 0 Å². The van der Waals surface area contributed by atoms with E-state index in [1.54, 1.807) is 24.3 Å². The molecule has 0 spiro atoms. The van der Waals surface area contributed by atoms with E-state index in [4.69, 9.17) is 46.4 Å². The minimum atomic E-state index is -1.73. The zero-order chi connectivity index (χ0) is 10.1. The van der Waals surface area contributed by atoms with Crippen molar-refractivity contribution in [2.45, 2.75) is 9.90 Å². The molecule has 5 heteroatoms. The van der Waals surface area contributed by atoms with Crippen LogP contribution in [0.1, 0.15) is 11.7 Å². The third-order valence-electron chi connectivity index (χ3n) is 1.47. The molecule has 0 saturated carbocycles.